The highest BCUT2D eigenvalue weighted by atomic mass is 79.9. The molecule has 4 rings (SSSR count). The number of rotatable bonds is 5. The van der Waals surface area contributed by atoms with Crippen molar-refractivity contribution in [3.63, 3.8) is 0 Å². The normalized spacial score (nSPS) is 11.1. The maximum absolute atomic E-state index is 13.5. The smallest absolute Gasteiger partial charge is 0.186 e. The van der Waals surface area contributed by atoms with Crippen LogP contribution in [0.25, 0.3) is 0 Å². The van der Waals surface area contributed by atoms with Gasteiger partial charge in [-0.1, -0.05) is 119 Å². The predicted octanol–water partition coefficient (Wildman–Crippen LogP) is 5.43. The lowest BCUT2D eigenvalue weighted by Crippen LogP contribution is -2.28. The van der Waals surface area contributed by atoms with Crippen LogP contribution in [0.5, 0.6) is 0 Å². The zero-order valence-corrected chi connectivity index (χ0v) is 18.3. The molecule has 0 spiro atoms. The van der Waals surface area contributed by atoms with E-state index in [2.05, 4.69) is 52.3 Å². The van der Waals surface area contributed by atoms with Gasteiger partial charge in [-0.25, -0.2) is 0 Å². The minimum atomic E-state index is -2.28. The molecule has 0 aliphatic carbocycles. The summed E-state index contributed by atoms with van der Waals surface area (Å²) in [5.41, 5.74) is 0.687. The van der Waals surface area contributed by atoms with Crippen LogP contribution >= 0.6 is 22.8 Å². The molecule has 3 heteroatoms. The average molecular weight is 459 g/mol. The van der Waals surface area contributed by atoms with Gasteiger partial charge in [-0.15, -0.1) is 0 Å². The van der Waals surface area contributed by atoms with Gasteiger partial charge in [0.2, 0.25) is 0 Å². The third kappa shape index (κ3) is 4.05. The number of hydrogen-bond acceptors (Lipinski definition) is 1. The molecule has 0 amide bonds. The minimum Gasteiger partial charge on any atom is -0.289 e. The van der Waals surface area contributed by atoms with Crippen molar-refractivity contribution in [2.24, 2.45) is 0 Å². The third-order valence-electron chi connectivity index (χ3n) is 4.91. The third-order valence-corrected chi connectivity index (χ3v) is 9.36. The topological polar surface area (TPSA) is 17.1 Å². The first-order valence-corrected chi connectivity index (χ1v) is 12.1. The Bertz CT molecular complexity index is 1070. The van der Waals surface area contributed by atoms with E-state index in [1.54, 1.807) is 0 Å². The molecule has 0 aliphatic heterocycles. The van der Waals surface area contributed by atoms with Crippen molar-refractivity contribution < 1.29 is 4.79 Å². The van der Waals surface area contributed by atoms with E-state index in [4.69, 9.17) is 0 Å². The largest absolute Gasteiger partial charge is 0.289 e. The monoisotopic (exact) mass is 458 g/mol. The van der Waals surface area contributed by atoms with Gasteiger partial charge in [0.15, 0.2) is 5.78 Å². The molecule has 0 atom stereocenters. The summed E-state index contributed by atoms with van der Waals surface area (Å²) in [6.45, 7) is -2.28. The van der Waals surface area contributed by atoms with Crippen LogP contribution in [0.2, 0.25) is 0 Å². The van der Waals surface area contributed by atoms with Crippen LogP contribution in [-0.2, 0) is 0 Å². The maximum Gasteiger partial charge on any atom is 0.186 e. The fourth-order valence-electron chi connectivity index (χ4n) is 3.55. The summed E-state index contributed by atoms with van der Waals surface area (Å²) in [7, 11) is 0. The molecule has 0 heterocycles. The van der Waals surface area contributed by atoms with Gasteiger partial charge >= 0.3 is 0 Å². The molecule has 0 aliphatic rings. The lowest BCUT2D eigenvalue weighted by atomic mass is 10.2. The highest BCUT2D eigenvalue weighted by Crippen LogP contribution is 2.43. The summed E-state index contributed by atoms with van der Waals surface area (Å²) >= 11 is 3.49. The molecule has 29 heavy (non-hydrogen) atoms. The Balaban J connectivity index is 2.07. The number of carbonyl (C=O) groups excluding carboxylic acids is 1. The second-order valence-electron chi connectivity index (χ2n) is 6.73. The quantitative estimate of drug-likeness (QED) is 0.288. The number of hydrogen-bond donors (Lipinski definition) is 0. The van der Waals surface area contributed by atoms with Gasteiger partial charge < -0.3 is 0 Å². The van der Waals surface area contributed by atoms with E-state index in [0.29, 0.717) is 5.56 Å². The number of carbonyl (C=O) groups is 1. The highest BCUT2D eigenvalue weighted by molar-refractivity contribution is 9.10. The fourth-order valence-corrected chi connectivity index (χ4v) is 7.72. The molecule has 0 saturated heterocycles. The standard InChI is InChI=1S/C26H20BrOP/c27-22-12-10-11-21(19-22)26(28)20-29(23-13-4-1-5-14-23,24-15-6-2-7-16-24)25-17-8-3-9-18-25/h1-20H. The second kappa shape index (κ2) is 8.78. The van der Waals surface area contributed by atoms with Crippen LogP contribution in [0.1, 0.15) is 10.4 Å². The highest BCUT2D eigenvalue weighted by Gasteiger charge is 2.26. The molecule has 0 radical (unpaired) electrons. The fraction of sp³-hybridized carbons (Fsp3) is 0. The van der Waals surface area contributed by atoms with E-state index < -0.39 is 6.89 Å². The summed E-state index contributed by atoms with van der Waals surface area (Å²) < 4.78 is 0.903. The Morgan fingerprint density at radius 1 is 0.621 bits per heavy atom. The minimum absolute atomic E-state index is 0.0381. The van der Waals surface area contributed by atoms with Crippen molar-refractivity contribution in [1.82, 2.24) is 0 Å². The lowest BCUT2D eigenvalue weighted by molar-refractivity contribution is 0.107. The van der Waals surface area contributed by atoms with Crippen molar-refractivity contribution in [2.75, 3.05) is 0 Å². The van der Waals surface area contributed by atoms with Gasteiger partial charge in [0.05, 0.1) is 0 Å². The molecule has 1 nitrogen and oxygen atoms in total. The van der Waals surface area contributed by atoms with E-state index in [1.165, 1.54) is 15.9 Å². The molecule has 0 N–H and O–H groups in total. The SMILES string of the molecule is O=C(C=P(c1ccccc1)(c1ccccc1)c1ccccc1)c1cccc(Br)c1. The van der Waals surface area contributed by atoms with Crippen LogP contribution in [0.3, 0.4) is 0 Å². The first-order chi connectivity index (χ1) is 14.2. The van der Waals surface area contributed by atoms with Crippen LogP contribution in [-0.4, -0.2) is 11.6 Å². The van der Waals surface area contributed by atoms with Gasteiger partial charge in [0.1, 0.15) is 0 Å². The van der Waals surface area contributed by atoms with E-state index >= 15 is 0 Å². The summed E-state index contributed by atoms with van der Waals surface area (Å²) in [6, 6.07) is 38.8. The molecule has 0 unspecified atom stereocenters. The van der Waals surface area contributed by atoms with Crippen LogP contribution < -0.4 is 15.9 Å². The first kappa shape index (κ1) is 19.6. The van der Waals surface area contributed by atoms with Crippen molar-refractivity contribution in [3.8, 4) is 0 Å². The summed E-state index contributed by atoms with van der Waals surface area (Å²) in [4.78, 5) is 13.5. The van der Waals surface area contributed by atoms with Crippen molar-refractivity contribution in [3.05, 3.63) is 125 Å². The Labute approximate surface area is 180 Å². The first-order valence-electron chi connectivity index (χ1n) is 9.41. The Hall–Kier alpha value is -2.67. The molecule has 0 bridgehead atoms. The van der Waals surface area contributed by atoms with Crippen LogP contribution in [0.4, 0.5) is 0 Å². The number of ketones is 1. The zero-order valence-electron chi connectivity index (χ0n) is 15.8. The van der Waals surface area contributed by atoms with Gasteiger partial charge in [0, 0.05) is 10.0 Å². The van der Waals surface area contributed by atoms with Gasteiger partial charge in [-0.05, 0) is 40.7 Å². The molecule has 0 fully saturated rings. The van der Waals surface area contributed by atoms with Gasteiger partial charge in [-0.3, -0.25) is 4.79 Å². The lowest BCUT2D eigenvalue weighted by Gasteiger charge is -2.28. The van der Waals surface area contributed by atoms with E-state index in [-0.39, 0.29) is 5.78 Å². The van der Waals surface area contributed by atoms with Gasteiger partial charge in [-0.2, -0.15) is 0 Å². The molecular weight excluding hydrogens is 439 g/mol. The van der Waals surface area contributed by atoms with Crippen molar-refractivity contribution in [1.29, 1.82) is 0 Å². The Morgan fingerprint density at radius 3 is 1.48 bits per heavy atom. The number of benzene rings is 4. The summed E-state index contributed by atoms with van der Waals surface area (Å²) in [5.74, 6) is 2.01. The summed E-state index contributed by atoms with van der Waals surface area (Å²) in [6.07, 6.45) is 0. The number of halogens is 1. The molecular formula is C26H20BrOP. The van der Waals surface area contributed by atoms with Crippen molar-refractivity contribution in [2.45, 2.75) is 0 Å². The molecule has 4 aromatic rings. The molecule has 0 saturated carbocycles. The Kier molecular flexibility index (Phi) is 5.94. The molecule has 0 aromatic heterocycles. The number of Topliss-reactive ketones (excluding diaryl/α,β-unsaturated/α-hetero) is 1. The molecule has 4 aromatic carbocycles. The molecule has 142 valence electrons. The Morgan fingerprint density at radius 2 is 1.07 bits per heavy atom. The van der Waals surface area contributed by atoms with E-state index in [1.807, 2.05) is 84.7 Å². The van der Waals surface area contributed by atoms with Crippen LogP contribution in [0, 0.1) is 0 Å². The zero-order chi connectivity index (χ0) is 20.1. The predicted molar refractivity (Wildman–Crippen MR) is 130 cm³/mol. The van der Waals surface area contributed by atoms with E-state index in [9.17, 15) is 4.79 Å². The van der Waals surface area contributed by atoms with Crippen LogP contribution in [0.15, 0.2) is 120 Å². The second-order valence-corrected chi connectivity index (χ2v) is 10.9. The van der Waals surface area contributed by atoms with Gasteiger partial charge in [0.25, 0.3) is 0 Å². The maximum atomic E-state index is 13.5. The van der Waals surface area contributed by atoms with E-state index in [0.717, 1.165) is 4.47 Å². The summed E-state index contributed by atoms with van der Waals surface area (Å²) in [5, 5.41) is 3.50. The van der Waals surface area contributed by atoms with Crippen molar-refractivity contribution >= 4 is 50.3 Å². The average Bonchev–Trinajstić information content (AvgIpc) is 2.79.